The van der Waals surface area contributed by atoms with Gasteiger partial charge in [0.25, 0.3) is 0 Å². The minimum Gasteiger partial charge on any atom is -0.263 e. The Labute approximate surface area is 134 Å². The standard InChI is InChI=1S/C18H16N2OS/c1-13-8-10-16(11-9-13)18(21)19-20-12-17(14(2)22-20)15-6-4-3-5-7-15/h3-12H,1-2H3/p+1. The highest BCUT2D eigenvalue weighted by atomic mass is 32.1. The summed E-state index contributed by atoms with van der Waals surface area (Å²) in [5.74, 6) is -0.106. The number of nitrogens with zero attached hydrogens (tertiary/aromatic N) is 1. The zero-order valence-electron chi connectivity index (χ0n) is 12.5. The lowest BCUT2D eigenvalue weighted by molar-refractivity contribution is -0.568. The van der Waals surface area contributed by atoms with Crippen LogP contribution in [0.5, 0.6) is 0 Å². The molecule has 0 spiro atoms. The van der Waals surface area contributed by atoms with Gasteiger partial charge in [-0.25, -0.2) is 0 Å². The molecule has 3 rings (SSSR count). The van der Waals surface area contributed by atoms with Crippen molar-refractivity contribution in [3.63, 3.8) is 0 Å². The fourth-order valence-corrected chi connectivity index (χ4v) is 3.10. The summed E-state index contributed by atoms with van der Waals surface area (Å²) in [5, 5.41) is 0. The highest BCUT2D eigenvalue weighted by molar-refractivity contribution is 7.02. The van der Waals surface area contributed by atoms with E-state index in [0.717, 1.165) is 21.6 Å². The number of aryl methyl sites for hydroxylation is 2. The third-order valence-electron chi connectivity index (χ3n) is 3.47. The number of hydrogen-bond donors (Lipinski definition) is 1. The summed E-state index contributed by atoms with van der Waals surface area (Å²) in [5.41, 5.74) is 6.99. The SMILES string of the molecule is Cc1ccc(C(=O)N[n+]2cc(-c3ccccc3)c(C)s2)cc1. The summed E-state index contributed by atoms with van der Waals surface area (Å²) >= 11 is 1.52. The third-order valence-corrected chi connectivity index (χ3v) is 4.36. The molecule has 110 valence electrons. The molecular formula is C18H17N2OS+. The van der Waals surface area contributed by atoms with Gasteiger partial charge in [0.1, 0.15) is 0 Å². The number of hydrogen-bond acceptors (Lipinski definition) is 2. The van der Waals surface area contributed by atoms with E-state index in [1.165, 1.54) is 11.5 Å². The van der Waals surface area contributed by atoms with Crippen LogP contribution in [0.25, 0.3) is 11.1 Å². The fourth-order valence-electron chi connectivity index (χ4n) is 2.25. The van der Waals surface area contributed by atoms with Crippen LogP contribution in [-0.2, 0) is 0 Å². The highest BCUT2D eigenvalue weighted by Gasteiger charge is 2.18. The second-order valence-corrected chi connectivity index (χ2v) is 6.38. The monoisotopic (exact) mass is 309 g/mol. The topological polar surface area (TPSA) is 33.0 Å². The first-order valence-electron chi connectivity index (χ1n) is 7.09. The first-order valence-corrected chi connectivity index (χ1v) is 7.87. The van der Waals surface area contributed by atoms with Crippen LogP contribution in [0.3, 0.4) is 0 Å². The van der Waals surface area contributed by atoms with Crippen molar-refractivity contribution in [2.24, 2.45) is 0 Å². The summed E-state index contributed by atoms with van der Waals surface area (Å²) in [7, 11) is 0. The molecule has 2 aromatic carbocycles. The van der Waals surface area contributed by atoms with Gasteiger partial charge in [-0.3, -0.25) is 4.79 Å². The maximum absolute atomic E-state index is 12.3. The molecule has 3 aromatic rings. The second-order valence-electron chi connectivity index (χ2n) is 5.19. The molecule has 0 saturated carbocycles. The maximum atomic E-state index is 12.3. The van der Waals surface area contributed by atoms with Gasteiger partial charge in [0.15, 0.2) is 11.5 Å². The molecule has 0 aliphatic heterocycles. The van der Waals surface area contributed by atoms with Crippen molar-refractivity contribution in [3.05, 3.63) is 76.8 Å². The zero-order valence-corrected chi connectivity index (χ0v) is 13.4. The van der Waals surface area contributed by atoms with E-state index in [2.05, 4.69) is 24.5 Å². The maximum Gasteiger partial charge on any atom is 0.306 e. The smallest absolute Gasteiger partial charge is 0.263 e. The van der Waals surface area contributed by atoms with E-state index in [1.54, 1.807) is 4.07 Å². The molecule has 1 aromatic heterocycles. The Morgan fingerprint density at radius 3 is 2.36 bits per heavy atom. The molecule has 0 aliphatic carbocycles. The molecule has 1 N–H and O–H groups in total. The van der Waals surface area contributed by atoms with Gasteiger partial charge in [0.05, 0.1) is 10.4 Å². The number of carbonyl (C=O) groups is 1. The largest absolute Gasteiger partial charge is 0.306 e. The van der Waals surface area contributed by atoms with E-state index in [1.807, 2.05) is 55.6 Å². The van der Waals surface area contributed by atoms with Gasteiger partial charge in [-0.05, 0) is 35.6 Å². The van der Waals surface area contributed by atoms with Crippen LogP contribution in [0, 0.1) is 13.8 Å². The summed E-state index contributed by atoms with van der Waals surface area (Å²) in [6.45, 7) is 4.06. The fraction of sp³-hybridized carbons (Fsp3) is 0.111. The number of carbonyl (C=O) groups excluding carboxylic acids is 1. The van der Waals surface area contributed by atoms with Gasteiger partial charge in [-0.2, -0.15) is 0 Å². The van der Waals surface area contributed by atoms with Gasteiger partial charge in [-0.15, -0.1) is 5.43 Å². The van der Waals surface area contributed by atoms with Crippen molar-refractivity contribution >= 4 is 17.4 Å². The molecule has 0 atom stereocenters. The number of amides is 1. The van der Waals surface area contributed by atoms with Crippen LogP contribution in [0.15, 0.2) is 60.8 Å². The van der Waals surface area contributed by atoms with Gasteiger partial charge in [0.2, 0.25) is 6.20 Å². The van der Waals surface area contributed by atoms with Crippen LogP contribution < -0.4 is 9.49 Å². The van der Waals surface area contributed by atoms with Gasteiger partial charge >= 0.3 is 5.91 Å². The van der Waals surface area contributed by atoms with E-state index in [4.69, 9.17) is 0 Å². The van der Waals surface area contributed by atoms with Gasteiger partial charge in [0, 0.05) is 5.56 Å². The predicted molar refractivity (Wildman–Crippen MR) is 89.6 cm³/mol. The van der Waals surface area contributed by atoms with Crippen molar-refractivity contribution in [3.8, 4) is 11.1 Å². The number of nitrogens with one attached hydrogen (secondary N) is 1. The zero-order chi connectivity index (χ0) is 15.5. The van der Waals surface area contributed by atoms with Crippen LogP contribution in [-0.4, -0.2) is 5.91 Å². The second kappa shape index (κ2) is 6.12. The summed E-state index contributed by atoms with van der Waals surface area (Å²) in [4.78, 5) is 13.4. The Morgan fingerprint density at radius 1 is 1.00 bits per heavy atom. The van der Waals surface area contributed by atoms with Crippen LogP contribution in [0.2, 0.25) is 0 Å². The summed E-state index contributed by atoms with van der Waals surface area (Å²) in [6.07, 6.45) is 1.96. The first kappa shape index (κ1) is 14.5. The predicted octanol–water partition coefficient (Wildman–Crippen LogP) is 3.70. The number of rotatable bonds is 3. The minimum atomic E-state index is -0.106. The molecule has 1 amide bonds. The molecule has 4 heteroatoms. The van der Waals surface area contributed by atoms with Gasteiger partial charge in [-0.1, -0.05) is 48.0 Å². The number of aromatic nitrogens is 1. The Kier molecular flexibility index (Phi) is 4.02. The lowest BCUT2D eigenvalue weighted by Gasteiger charge is -1.98. The molecule has 22 heavy (non-hydrogen) atoms. The molecule has 0 bridgehead atoms. The van der Waals surface area contributed by atoms with E-state index < -0.39 is 0 Å². The van der Waals surface area contributed by atoms with Crippen LogP contribution >= 0.6 is 11.5 Å². The van der Waals surface area contributed by atoms with Crippen molar-refractivity contribution < 1.29 is 8.86 Å². The van der Waals surface area contributed by atoms with E-state index >= 15 is 0 Å². The van der Waals surface area contributed by atoms with Crippen LogP contribution in [0.1, 0.15) is 20.8 Å². The molecular weight excluding hydrogens is 292 g/mol. The first-order chi connectivity index (χ1) is 10.6. The molecule has 0 aliphatic rings. The van der Waals surface area contributed by atoms with Crippen molar-refractivity contribution in [1.29, 1.82) is 0 Å². The Hall–Kier alpha value is -2.46. The molecule has 0 unspecified atom stereocenters. The third kappa shape index (κ3) is 3.07. The molecule has 0 fully saturated rings. The minimum absolute atomic E-state index is 0.106. The Bertz CT molecular complexity index is 792. The molecule has 3 nitrogen and oxygen atoms in total. The van der Waals surface area contributed by atoms with Gasteiger partial charge < -0.3 is 0 Å². The van der Waals surface area contributed by atoms with Crippen molar-refractivity contribution in [2.45, 2.75) is 13.8 Å². The molecule has 0 radical (unpaired) electrons. The summed E-state index contributed by atoms with van der Waals surface area (Å²) < 4.78 is 1.76. The van der Waals surface area contributed by atoms with Crippen LogP contribution in [0.4, 0.5) is 0 Å². The van der Waals surface area contributed by atoms with E-state index in [0.29, 0.717) is 5.56 Å². The molecule has 0 saturated heterocycles. The number of benzene rings is 2. The normalized spacial score (nSPS) is 10.5. The Morgan fingerprint density at radius 2 is 1.68 bits per heavy atom. The lowest BCUT2D eigenvalue weighted by atomic mass is 10.1. The highest BCUT2D eigenvalue weighted by Crippen LogP contribution is 2.23. The quantitative estimate of drug-likeness (QED) is 0.735. The summed E-state index contributed by atoms with van der Waals surface area (Å²) in [6, 6.07) is 17.7. The van der Waals surface area contributed by atoms with Crippen molar-refractivity contribution in [1.82, 2.24) is 0 Å². The van der Waals surface area contributed by atoms with E-state index in [-0.39, 0.29) is 5.91 Å². The van der Waals surface area contributed by atoms with Crippen molar-refractivity contribution in [2.75, 3.05) is 5.43 Å². The average Bonchev–Trinajstić information content (AvgIpc) is 2.89. The Balaban J connectivity index is 1.82. The lowest BCUT2D eigenvalue weighted by Crippen LogP contribution is -2.44. The van der Waals surface area contributed by atoms with E-state index in [9.17, 15) is 4.79 Å². The average molecular weight is 309 g/mol. The molecule has 1 heterocycles.